The van der Waals surface area contributed by atoms with E-state index < -0.39 is 0 Å². The van der Waals surface area contributed by atoms with E-state index in [0.29, 0.717) is 13.0 Å². The molecule has 0 unspecified atom stereocenters. The number of nitrogens with zero attached hydrogens (tertiary/aromatic N) is 1. The van der Waals surface area contributed by atoms with Crippen LogP contribution < -0.4 is 5.32 Å². The predicted molar refractivity (Wildman–Crippen MR) is 102 cm³/mol. The number of amides is 1. The van der Waals surface area contributed by atoms with Gasteiger partial charge in [-0.1, -0.05) is 29.8 Å². The molecule has 1 fully saturated rings. The summed E-state index contributed by atoms with van der Waals surface area (Å²) in [6, 6.07) is 12.9. The number of hydrogen-bond acceptors (Lipinski definition) is 2. The van der Waals surface area contributed by atoms with Crippen molar-refractivity contribution >= 4 is 5.91 Å². The lowest BCUT2D eigenvalue weighted by atomic mass is 10.0. The van der Waals surface area contributed by atoms with Gasteiger partial charge in [0.2, 0.25) is 5.91 Å². The van der Waals surface area contributed by atoms with Crippen LogP contribution in [0.2, 0.25) is 0 Å². The average Bonchev–Trinajstić information content (AvgIpc) is 2.67. The molecule has 0 saturated carbocycles. The summed E-state index contributed by atoms with van der Waals surface area (Å²) in [6.45, 7) is 3.13. The van der Waals surface area contributed by atoms with Gasteiger partial charge in [-0.3, -0.25) is 9.69 Å². The molecule has 3 rings (SSSR count). The number of likely N-dealkylation sites (tertiary alicyclic amines) is 1. The lowest BCUT2D eigenvalue weighted by molar-refractivity contribution is -0.116. The molecule has 1 N–H and O–H groups in total. The molecular formula is C22H24F2N2O. The molecule has 27 heavy (non-hydrogen) atoms. The monoisotopic (exact) mass is 370 g/mol. The van der Waals surface area contributed by atoms with Gasteiger partial charge < -0.3 is 5.32 Å². The maximum atomic E-state index is 13.0. The van der Waals surface area contributed by atoms with Crippen molar-refractivity contribution in [3.05, 3.63) is 82.9 Å². The smallest absolute Gasteiger partial charge is 0.243 e. The van der Waals surface area contributed by atoms with E-state index in [0.717, 1.165) is 49.2 Å². The van der Waals surface area contributed by atoms with Crippen molar-refractivity contribution in [1.82, 2.24) is 10.2 Å². The minimum absolute atomic E-state index is 0.0703. The van der Waals surface area contributed by atoms with Gasteiger partial charge in [0.1, 0.15) is 11.6 Å². The number of halogens is 2. The Hall–Kier alpha value is -2.53. The second kappa shape index (κ2) is 9.42. The third-order valence-corrected chi connectivity index (χ3v) is 4.78. The number of benzene rings is 2. The van der Waals surface area contributed by atoms with Gasteiger partial charge >= 0.3 is 0 Å². The van der Waals surface area contributed by atoms with Crippen LogP contribution in [0.15, 0.2) is 60.2 Å². The molecule has 2 aromatic rings. The quantitative estimate of drug-likeness (QED) is 0.784. The van der Waals surface area contributed by atoms with Crippen molar-refractivity contribution < 1.29 is 13.6 Å². The van der Waals surface area contributed by atoms with Crippen molar-refractivity contribution in [2.45, 2.75) is 25.8 Å². The average molecular weight is 370 g/mol. The van der Waals surface area contributed by atoms with E-state index in [-0.39, 0.29) is 17.5 Å². The number of nitrogens with one attached hydrogen (secondary N) is 1. The van der Waals surface area contributed by atoms with Gasteiger partial charge in [-0.05, 0) is 54.7 Å². The zero-order chi connectivity index (χ0) is 19.1. The predicted octanol–water partition coefficient (Wildman–Crippen LogP) is 3.85. The lowest BCUT2D eigenvalue weighted by Crippen LogP contribution is -2.31. The third kappa shape index (κ3) is 6.29. The van der Waals surface area contributed by atoms with Gasteiger partial charge in [-0.15, -0.1) is 0 Å². The van der Waals surface area contributed by atoms with Gasteiger partial charge in [-0.25, -0.2) is 8.78 Å². The molecule has 1 saturated heterocycles. The largest absolute Gasteiger partial charge is 0.352 e. The molecule has 0 atom stereocenters. The number of hydrogen-bond donors (Lipinski definition) is 1. The maximum absolute atomic E-state index is 13.0. The standard InChI is InChI=1S/C22H24F2N2O/c23-20-5-1-17(2-6-20)9-12-25-22(27)15-18-10-13-26(14-11-18)16-19-3-7-21(24)8-4-19/h1-8,15H,9-14,16H2,(H,25,27). The molecule has 2 aromatic carbocycles. The van der Waals surface area contributed by atoms with Crippen LogP contribution in [0, 0.1) is 11.6 Å². The molecule has 1 aliphatic rings. The van der Waals surface area contributed by atoms with Crippen LogP contribution in [0.1, 0.15) is 24.0 Å². The Morgan fingerprint density at radius 3 is 2.07 bits per heavy atom. The summed E-state index contributed by atoms with van der Waals surface area (Å²) in [6.07, 6.45) is 4.12. The van der Waals surface area contributed by atoms with Crippen molar-refractivity contribution in [1.29, 1.82) is 0 Å². The van der Waals surface area contributed by atoms with Crippen molar-refractivity contribution in [3.63, 3.8) is 0 Å². The van der Waals surface area contributed by atoms with Gasteiger partial charge in [0.05, 0.1) is 0 Å². The van der Waals surface area contributed by atoms with Crippen LogP contribution >= 0.6 is 0 Å². The molecule has 5 heteroatoms. The molecular weight excluding hydrogens is 346 g/mol. The summed E-state index contributed by atoms with van der Waals surface area (Å²) in [5.41, 5.74) is 3.26. The third-order valence-electron chi connectivity index (χ3n) is 4.78. The summed E-state index contributed by atoms with van der Waals surface area (Å²) in [7, 11) is 0. The Kier molecular flexibility index (Phi) is 6.71. The molecule has 1 amide bonds. The Morgan fingerprint density at radius 2 is 1.48 bits per heavy atom. The minimum atomic E-state index is -0.252. The second-order valence-corrected chi connectivity index (χ2v) is 6.87. The Bertz CT molecular complexity index is 775. The fourth-order valence-corrected chi connectivity index (χ4v) is 3.21. The molecule has 0 aliphatic carbocycles. The fourth-order valence-electron chi connectivity index (χ4n) is 3.21. The number of rotatable bonds is 6. The van der Waals surface area contributed by atoms with E-state index in [4.69, 9.17) is 0 Å². The van der Waals surface area contributed by atoms with Gasteiger partial charge in [0, 0.05) is 32.3 Å². The molecule has 1 aliphatic heterocycles. The van der Waals surface area contributed by atoms with Crippen LogP contribution in [0.5, 0.6) is 0 Å². The zero-order valence-electron chi connectivity index (χ0n) is 15.3. The highest BCUT2D eigenvalue weighted by Crippen LogP contribution is 2.18. The highest BCUT2D eigenvalue weighted by atomic mass is 19.1. The number of carbonyl (C=O) groups is 1. The summed E-state index contributed by atoms with van der Waals surface area (Å²) in [4.78, 5) is 14.4. The highest BCUT2D eigenvalue weighted by molar-refractivity contribution is 5.88. The van der Waals surface area contributed by atoms with E-state index >= 15 is 0 Å². The van der Waals surface area contributed by atoms with Gasteiger partial charge in [0.25, 0.3) is 0 Å². The SMILES string of the molecule is O=C(C=C1CCN(Cc2ccc(F)cc2)CC1)NCCc1ccc(F)cc1. The van der Waals surface area contributed by atoms with Crippen molar-refractivity contribution in [3.8, 4) is 0 Å². The first-order valence-corrected chi connectivity index (χ1v) is 9.27. The topological polar surface area (TPSA) is 32.3 Å². The Morgan fingerprint density at radius 1 is 0.926 bits per heavy atom. The minimum Gasteiger partial charge on any atom is -0.352 e. The first-order valence-electron chi connectivity index (χ1n) is 9.27. The van der Waals surface area contributed by atoms with Crippen molar-refractivity contribution in [2.24, 2.45) is 0 Å². The molecule has 3 nitrogen and oxygen atoms in total. The molecule has 0 aromatic heterocycles. The van der Waals surface area contributed by atoms with Crippen LogP contribution in [0.3, 0.4) is 0 Å². The molecule has 0 radical (unpaired) electrons. The van der Waals surface area contributed by atoms with E-state index in [9.17, 15) is 13.6 Å². The normalized spacial score (nSPS) is 14.8. The molecule has 1 heterocycles. The highest BCUT2D eigenvalue weighted by Gasteiger charge is 2.15. The maximum Gasteiger partial charge on any atom is 0.243 e. The van der Waals surface area contributed by atoms with E-state index in [1.165, 1.54) is 24.3 Å². The lowest BCUT2D eigenvalue weighted by Gasteiger charge is -2.28. The van der Waals surface area contributed by atoms with Gasteiger partial charge in [0.15, 0.2) is 0 Å². The second-order valence-electron chi connectivity index (χ2n) is 6.87. The molecule has 0 bridgehead atoms. The summed E-state index contributed by atoms with van der Waals surface area (Å²) < 4.78 is 25.8. The first kappa shape index (κ1) is 19.2. The van der Waals surface area contributed by atoms with E-state index in [1.54, 1.807) is 18.2 Å². The van der Waals surface area contributed by atoms with E-state index in [2.05, 4.69) is 10.2 Å². The number of piperidine rings is 1. The summed E-state index contributed by atoms with van der Waals surface area (Å²) in [5, 5.41) is 2.89. The summed E-state index contributed by atoms with van der Waals surface area (Å²) >= 11 is 0. The summed E-state index contributed by atoms with van der Waals surface area (Å²) in [5.74, 6) is -0.537. The van der Waals surface area contributed by atoms with Crippen molar-refractivity contribution in [2.75, 3.05) is 19.6 Å². The number of carbonyl (C=O) groups excluding carboxylic acids is 1. The van der Waals surface area contributed by atoms with Crippen LogP contribution in [-0.4, -0.2) is 30.4 Å². The van der Waals surface area contributed by atoms with Crippen LogP contribution in [0.4, 0.5) is 8.78 Å². The van der Waals surface area contributed by atoms with Crippen LogP contribution in [-0.2, 0) is 17.8 Å². The first-order chi connectivity index (χ1) is 13.1. The zero-order valence-corrected chi connectivity index (χ0v) is 15.3. The fraction of sp³-hybridized carbons (Fsp3) is 0.318. The Balaban J connectivity index is 1.39. The van der Waals surface area contributed by atoms with Gasteiger partial charge in [-0.2, -0.15) is 0 Å². The molecule has 0 spiro atoms. The Labute approximate surface area is 158 Å². The van der Waals surface area contributed by atoms with E-state index in [1.807, 2.05) is 12.1 Å². The van der Waals surface area contributed by atoms with Crippen LogP contribution in [0.25, 0.3) is 0 Å². The molecule has 142 valence electrons.